The fourth-order valence-electron chi connectivity index (χ4n) is 3.28. The molecule has 1 heterocycles. The molecule has 4 rings (SSSR count). The summed E-state index contributed by atoms with van der Waals surface area (Å²) < 4.78 is 5.55. The second-order valence-electron chi connectivity index (χ2n) is 7.53. The summed E-state index contributed by atoms with van der Waals surface area (Å²) in [5.41, 5.74) is 3.44. The summed E-state index contributed by atoms with van der Waals surface area (Å²) >= 11 is 0.930. The van der Waals surface area contributed by atoms with E-state index in [0.717, 1.165) is 34.1 Å². The molecule has 166 valence electrons. The number of carbonyl (C=O) groups excluding carboxylic acids is 3. The number of carbonyl (C=O) groups is 3. The summed E-state index contributed by atoms with van der Waals surface area (Å²) in [6.07, 6.45) is 1.68. The van der Waals surface area contributed by atoms with Crippen LogP contribution in [-0.2, 0) is 16.1 Å². The number of anilines is 1. The lowest BCUT2D eigenvalue weighted by Gasteiger charge is -2.12. The molecule has 0 saturated carbocycles. The molecule has 33 heavy (non-hydrogen) atoms. The summed E-state index contributed by atoms with van der Waals surface area (Å²) in [4.78, 5) is 38.7. The van der Waals surface area contributed by atoms with E-state index in [1.165, 1.54) is 4.90 Å². The highest BCUT2D eigenvalue weighted by atomic mass is 32.2. The fraction of sp³-hybridized carbons (Fsp3) is 0.115. The van der Waals surface area contributed by atoms with Crippen LogP contribution < -0.4 is 10.1 Å². The Morgan fingerprint density at radius 3 is 2.48 bits per heavy atom. The Bertz CT molecular complexity index is 1210. The maximum atomic E-state index is 12.7. The van der Waals surface area contributed by atoms with E-state index < -0.39 is 0 Å². The predicted octanol–water partition coefficient (Wildman–Crippen LogP) is 5.25. The summed E-state index contributed by atoms with van der Waals surface area (Å²) in [6, 6.07) is 23.9. The van der Waals surface area contributed by atoms with E-state index >= 15 is 0 Å². The van der Waals surface area contributed by atoms with Gasteiger partial charge in [0.15, 0.2) is 6.61 Å². The molecule has 0 bridgehead atoms. The van der Waals surface area contributed by atoms with E-state index in [0.29, 0.717) is 10.7 Å². The van der Waals surface area contributed by atoms with Crippen LogP contribution in [0.2, 0.25) is 0 Å². The number of aryl methyl sites for hydroxylation is 1. The normalized spacial score (nSPS) is 14.6. The summed E-state index contributed by atoms with van der Waals surface area (Å²) in [5, 5.41) is 2.51. The first kappa shape index (κ1) is 22.4. The van der Waals surface area contributed by atoms with Gasteiger partial charge in [0.2, 0.25) is 0 Å². The van der Waals surface area contributed by atoms with Gasteiger partial charge in [-0.3, -0.25) is 19.3 Å². The Labute approximate surface area is 196 Å². The van der Waals surface area contributed by atoms with Gasteiger partial charge in [-0.2, -0.15) is 0 Å². The maximum absolute atomic E-state index is 12.7. The van der Waals surface area contributed by atoms with E-state index in [-0.39, 0.29) is 30.2 Å². The van der Waals surface area contributed by atoms with Crippen molar-refractivity contribution in [3.05, 3.63) is 100 Å². The van der Waals surface area contributed by atoms with Crippen molar-refractivity contribution in [2.24, 2.45) is 0 Å². The molecule has 0 spiro atoms. The molecule has 0 aliphatic carbocycles. The molecule has 0 atom stereocenters. The largest absolute Gasteiger partial charge is 0.484 e. The molecule has 1 fully saturated rings. The predicted molar refractivity (Wildman–Crippen MR) is 130 cm³/mol. The Hall–Kier alpha value is -3.84. The molecule has 1 N–H and O–H groups in total. The molecule has 0 aromatic heterocycles. The first-order chi connectivity index (χ1) is 16.0. The number of nitrogens with one attached hydrogen (secondary N) is 1. The minimum Gasteiger partial charge on any atom is -0.484 e. The second kappa shape index (κ2) is 10.2. The van der Waals surface area contributed by atoms with Crippen molar-refractivity contribution in [1.29, 1.82) is 0 Å². The number of thioether (sulfide) groups is 1. The molecule has 0 radical (unpaired) electrons. The standard InChI is InChI=1S/C26H22N2O4S/c1-18-6-5-9-21(14-18)27-24(29)17-32-22-12-10-19(11-13-22)15-23-25(30)28(26(31)33-23)16-20-7-3-2-4-8-20/h2-15H,16-17H2,1H3,(H,27,29)/b23-15-. The quantitative estimate of drug-likeness (QED) is 0.490. The van der Waals surface area contributed by atoms with Crippen molar-refractivity contribution in [2.45, 2.75) is 13.5 Å². The lowest BCUT2D eigenvalue weighted by molar-refractivity contribution is -0.123. The third kappa shape index (κ3) is 5.90. The van der Waals surface area contributed by atoms with Gasteiger partial charge in [-0.1, -0.05) is 54.6 Å². The van der Waals surface area contributed by atoms with Crippen molar-refractivity contribution in [2.75, 3.05) is 11.9 Å². The number of hydrogen-bond acceptors (Lipinski definition) is 5. The van der Waals surface area contributed by atoms with Crippen molar-refractivity contribution in [1.82, 2.24) is 4.90 Å². The molecular formula is C26H22N2O4S. The molecule has 3 aromatic rings. The Morgan fingerprint density at radius 1 is 1.00 bits per heavy atom. The lowest BCUT2D eigenvalue weighted by atomic mass is 10.2. The smallest absolute Gasteiger partial charge is 0.293 e. The van der Waals surface area contributed by atoms with Crippen molar-refractivity contribution >= 4 is 40.6 Å². The highest BCUT2D eigenvalue weighted by molar-refractivity contribution is 8.18. The molecule has 7 heteroatoms. The van der Waals surface area contributed by atoms with Crippen LogP contribution >= 0.6 is 11.8 Å². The monoisotopic (exact) mass is 458 g/mol. The topological polar surface area (TPSA) is 75.7 Å². The Balaban J connectivity index is 1.33. The maximum Gasteiger partial charge on any atom is 0.293 e. The molecular weight excluding hydrogens is 436 g/mol. The van der Waals surface area contributed by atoms with E-state index in [4.69, 9.17) is 4.74 Å². The van der Waals surface area contributed by atoms with Crippen LogP contribution in [0.25, 0.3) is 6.08 Å². The van der Waals surface area contributed by atoms with E-state index in [9.17, 15) is 14.4 Å². The van der Waals surface area contributed by atoms with Crippen molar-refractivity contribution in [3.63, 3.8) is 0 Å². The molecule has 3 amide bonds. The number of imide groups is 1. The zero-order valence-electron chi connectivity index (χ0n) is 18.0. The Morgan fingerprint density at radius 2 is 1.76 bits per heavy atom. The van der Waals surface area contributed by atoms with Crippen molar-refractivity contribution < 1.29 is 19.1 Å². The second-order valence-corrected chi connectivity index (χ2v) is 8.52. The summed E-state index contributed by atoms with van der Waals surface area (Å²) in [6.45, 7) is 2.09. The summed E-state index contributed by atoms with van der Waals surface area (Å²) in [7, 11) is 0. The van der Waals surface area contributed by atoms with Crippen LogP contribution in [0.15, 0.2) is 83.8 Å². The zero-order valence-corrected chi connectivity index (χ0v) is 18.8. The lowest BCUT2D eigenvalue weighted by Crippen LogP contribution is -2.27. The highest BCUT2D eigenvalue weighted by Crippen LogP contribution is 2.33. The molecule has 1 saturated heterocycles. The average Bonchev–Trinajstić information content (AvgIpc) is 3.06. The van der Waals surface area contributed by atoms with E-state index in [2.05, 4.69) is 5.32 Å². The highest BCUT2D eigenvalue weighted by Gasteiger charge is 2.34. The van der Waals surface area contributed by atoms with Gasteiger partial charge in [-0.15, -0.1) is 0 Å². The summed E-state index contributed by atoms with van der Waals surface area (Å²) in [5.74, 6) is -0.0255. The number of nitrogens with zero attached hydrogens (tertiary/aromatic N) is 1. The van der Waals surface area contributed by atoms with Gasteiger partial charge in [0.05, 0.1) is 11.4 Å². The van der Waals surface area contributed by atoms with Gasteiger partial charge in [0, 0.05) is 5.69 Å². The molecule has 0 unspecified atom stereocenters. The zero-order chi connectivity index (χ0) is 23.2. The average molecular weight is 459 g/mol. The SMILES string of the molecule is Cc1cccc(NC(=O)COc2ccc(/C=C3\SC(=O)N(Cc4ccccc4)C3=O)cc2)c1. The first-order valence-corrected chi connectivity index (χ1v) is 11.2. The van der Waals surface area contributed by atoms with Crippen LogP contribution in [0.5, 0.6) is 5.75 Å². The van der Waals surface area contributed by atoms with Gasteiger partial charge in [0.25, 0.3) is 17.1 Å². The third-order valence-corrected chi connectivity index (χ3v) is 5.81. The Kier molecular flexibility index (Phi) is 6.90. The van der Waals surface area contributed by atoms with E-state index in [1.54, 1.807) is 30.3 Å². The first-order valence-electron chi connectivity index (χ1n) is 10.4. The minimum absolute atomic E-state index is 0.119. The van der Waals surface area contributed by atoms with Crippen molar-refractivity contribution in [3.8, 4) is 5.75 Å². The van der Waals surface area contributed by atoms with E-state index in [1.807, 2.05) is 61.5 Å². The van der Waals surface area contributed by atoms with Gasteiger partial charge in [-0.05, 0) is 65.7 Å². The minimum atomic E-state index is -0.304. The van der Waals surface area contributed by atoms with Crippen LogP contribution in [0, 0.1) is 6.92 Å². The number of benzene rings is 3. The number of amides is 3. The molecule has 1 aliphatic rings. The number of hydrogen-bond donors (Lipinski definition) is 1. The molecule has 1 aliphatic heterocycles. The molecule has 3 aromatic carbocycles. The van der Waals surface area contributed by atoms with Crippen LogP contribution in [0.3, 0.4) is 0 Å². The van der Waals surface area contributed by atoms with Gasteiger partial charge in [0.1, 0.15) is 5.75 Å². The third-order valence-electron chi connectivity index (χ3n) is 4.91. The molecule has 6 nitrogen and oxygen atoms in total. The van der Waals surface area contributed by atoms with Gasteiger partial charge < -0.3 is 10.1 Å². The van der Waals surface area contributed by atoms with Gasteiger partial charge >= 0.3 is 0 Å². The fourth-order valence-corrected chi connectivity index (χ4v) is 4.12. The number of rotatable bonds is 7. The van der Waals surface area contributed by atoms with Crippen LogP contribution in [-0.4, -0.2) is 28.6 Å². The number of ether oxygens (including phenoxy) is 1. The van der Waals surface area contributed by atoms with Gasteiger partial charge in [-0.25, -0.2) is 0 Å². The van der Waals surface area contributed by atoms with Crippen LogP contribution in [0.1, 0.15) is 16.7 Å². The van der Waals surface area contributed by atoms with Crippen LogP contribution in [0.4, 0.5) is 10.5 Å².